The van der Waals surface area contributed by atoms with E-state index in [1.165, 1.54) is 25.0 Å². The van der Waals surface area contributed by atoms with Gasteiger partial charge in [-0.25, -0.2) is 0 Å². The van der Waals surface area contributed by atoms with Crippen molar-refractivity contribution in [3.8, 4) is 11.5 Å². The van der Waals surface area contributed by atoms with Gasteiger partial charge < -0.3 is 9.47 Å². The lowest BCUT2D eigenvalue weighted by molar-refractivity contribution is -0.122. The standard InChI is InChI=1S/C28H24N2O5S/c1-17-6-4-5-7-23(17)30-27(33)22(26(32)29-28(30)36)14-20-10-13-24(25(15-20)34-3)35-16-19-8-11-21(12-9-19)18(2)31/h4-15H,16H2,1-3H3,(H,29,32,36)/b22-14-. The molecule has 2 amide bonds. The second-order valence-corrected chi connectivity index (χ2v) is 8.58. The van der Waals surface area contributed by atoms with Crippen molar-refractivity contribution in [2.75, 3.05) is 12.0 Å². The highest BCUT2D eigenvalue weighted by Gasteiger charge is 2.35. The summed E-state index contributed by atoms with van der Waals surface area (Å²) in [6.07, 6.45) is 1.50. The van der Waals surface area contributed by atoms with Gasteiger partial charge in [0, 0.05) is 5.56 Å². The topological polar surface area (TPSA) is 84.9 Å². The number of nitrogens with one attached hydrogen (secondary N) is 1. The van der Waals surface area contributed by atoms with E-state index in [0.29, 0.717) is 28.3 Å². The molecular weight excluding hydrogens is 476 g/mol. The molecule has 1 fully saturated rings. The summed E-state index contributed by atoms with van der Waals surface area (Å²) >= 11 is 5.28. The number of ketones is 1. The third-order valence-electron chi connectivity index (χ3n) is 5.71. The molecule has 0 unspecified atom stereocenters. The number of nitrogens with zero attached hydrogens (tertiary/aromatic N) is 1. The molecule has 0 bridgehead atoms. The number of carbonyl (C=O) groups excluding carboxylic acids is 3. The molecule has 3 aromatic carbocycles. The number of Topliss-reactive ketones (excluding diaryl/α,β-unsaturated/α-hetero) is 1. The van der Waals surface area contributed by atoms with Gasteiger partial charge in [0.15, 0.2) is 22.4 Å². The van der Waals surface area contributed by atoms with Crippen LogP contribution in [0.3, 0.4) is 0 Å². The molecule has 0 radical (unpaired) electrons. The zero-order valence-electron chi connectivity index (χ0n) is 20.0. The van der Waals surface area contributed by atoms with Crippen molar-refractivity contribution in [1.82, 2.24) is 5.32 Å². The van der Waals surface area contributed by atoms with Gasteiger partial charge in [0.25, 0.3) is 11.8 Å². The van der Waals surface area contributed by atoms with E-state index in [1.54, 1.807) is 42.5 Å². The Labute approximate surface area is 214 Å². The molecule has 3 aromatic rings. The summed E-state index contributed by atoms with van der Waals surface area (Å²) in [5, 5.41) is 2.63. The Hall–Kier alpha value is -4.30. The third-order valence-corrected chi connectivity index (χ3v) is 6.00. The summed E-state index contributed by atoms with van der Waals surface area (Å²) in [5.74, 6) is -0.130. The van der Waals surface area contributed by atoms with Crippen molar-refractivity contribution in [3.63, 3.8) is 0 Å². The van der Waals surface area contributed by atoms with E-state index >= 15 is 0 Å². The number of anilines is 1. The van der Waals surface area contributed by atoms with Gasteiger partial charge in [-0.2, -0.15) is 0 Å². The summed E-state index contributed by atoms with van der Waals surface area (Å²) in [6.45, 7) is 3.66. The number of rotatable bonds is 7. The summed E-state index contributed by atoms with van der Waals surface area (Å²) in [4.78, 5) is 38.7. The van der Waals surface area contributed by atoms with Crippen molar-refractivity contribution < 1.29 is 23.9 Å². The number of aryl methyl sites for hydroxylation is 1. The minimum absolute atomic E-state index is 0.00261. The molecule has 1 saturated heterocycles. The smallest absolute Gasteiger partial charge is 0.270 e. The van der Waals surface area contributed by atoms with Crippen molar-refractivity contribution in [3.05, 3.63) is 94.6 Å². The first-order chi connectivity index (χ1) is 17.3. The van der Waals surface area contributed by atoms with Crippen LogP contribution < -0.4 is 19.7 Å². The van der Waals surface area contributed by atoms with E-state index in [4.69, 9.17) is 21.7 Å². The maximum atomic E-state index is 13.3. The highest BCUT2D eigenvalue weighted by Crippen LogP contribution is 2.31. The quantitative estimate of drug-likeness (QED) is 0.221. The van der Waals surface area contributed by atoms with Gasteiger partial charge in [-0.15, -0.1) is 0 Å². The SMILES string of the molecule is COc1cc(/C=C2/C(=O)NC(=S)N(c3ccccc3C)C2=O)ccc1OCc1ccc(C(C)=O)cc1. The summed E-state index contributed by atoms with van der Waals surface area (Å²) in [7, 11) is 1.51. The number of methoxy groups -OCH3 is 1. The number of benzene rings is 3. The van der Waals surface area contributed by atoms with E-state index in [1.807, 2.05) is 31.2 Å². The van der Waals surface area contributed by atoms with Crippen molar-refractivity contribution in [2.45, 2.75) is 20.5 Å². The van der Waals surface area contributed by atoms with Crippen molar-refractivity contribution in [1.29, 1.82) is 0 Å². The predicted molar refractivity (Wildman–Crippen MR) is 141 cm³/mol. The molecule has 4 rings (SSSR count). The molecule has 1 N–H and O–H groups in total. The van der Waals surface area contributed by atoms with Gasteiger partial charge in [-0.05, 0) is 67.0 Å². The van der Waals surface area contributed by atoms with E-state index in [0.717, 1.165) is 11.1 Å². The first kappa shape index (κ1) is 24.8. The molecule has 7 nitrogen and oxygen atoms in total. The monoisotopic (exact) mass is 500 g/mol. The van der Waals surface area contributed by atoms with E-state index in [-0.39, 0.29) is 23.1 Å². The first-order valence-corrected chi connectivity index (χ1v) is 11.6. The Bertz CT molecular complexity index is 1400. The summed E-state index contributed by atoms with van der Waals surface area (Å²) in [5.41, 5.74) is 3.52. The van der Waals surface area contributed by atoms with Gasteiger partial charge in [0.2, 0.25) is 0 Å². The van der Waals surface area contributed by atoms with Crippen molar-refractivity contribution in [2.24, 2.45) is 0 Å². The van der Waals surface area contributed by atoms with Crippen LogP contribution in [0.25, 0.3) is 6.08 Å². The molecule has 8 heteroatoms. The second kappa shape index (κ2) is 10.5. The number of carbonyl (C=O) groups is 3. The van der Waals surface area contributed by atoms with Crippen LogP contribution in [0.15, 0.2) is 72.3 Å². The van der Waals surface area contributed by atoms with Crippen LogP contribution >= 0.6 is 12.2 Å². The fraction of sp³-hybridized carbons (Fsp3) is 0.143. The van der Waals surface area contributed by atoms with Crippen LogP contribution in [0.1, 0.15) is 34.0 Å². The summed E-state index contributed by atoms with van der Waals surface area (Å²) < 4.78 is 11.4. The highest BCUT2D eigenvalue weighted by molar-refractivity contribution is 7.80. The maximum Gasteiger partial charge on any atom is 0.270 e. The average Bonchev–Trinajstić information content (AvgIpc) is 2.86. The van der Waals surface area contributed by atoms with E-state index in [9.17, 15) is 14.4 Å². The second-order valence-electron chi connectivity index (χ2n) is 8.20. The fourth-order valence-corrected chi connectivity index (χ4v) is 4.02. The molecule has 1 aliphatic rings. The minimum atomic E-state index is -0.567. The normalized spacial score (nSPS) is 14.6. The number of hydrogen-bond donors (Lipinski definition) is 1. The molecule has 1 aliphatic heterocycles. The van der Waals surface area contributed by atoms with Gasteiger partial charge in [0.1, 0.15) is 12.2 Å². The van der Waals surface area contributed by atoms with Gasteiger partial charge >= 0.3 is 0 Å². The van der Waals surface area contributed by atoms with Crippen LogP contribution in [-0.4, -0.2) is 29.8 Å². The number of thiocarbonyl (C=S) groups is 1. The maximum absolute atomic E-state index is 13.3. The lowest BCUT2D eigenvalue weighted by Gasteiger charge is -2.30. The summed E-state index contributed by atoms with van der Waals surface area (Å²) in [6, 6.07) is 19.6. The number of para-hydroxylation sites is 1. The minimum Gasteiger partial charge on any atom is -0.493 e. The lowest BCUT2D eigenvalue weighted by atomic mass is 10.1. The van der Waals surface area contributed by atoms with Crippen LogP contribution in [0, 0.1) is 6.92 Å². The van der Waals surface area contributed by atoms with Crippen LogP contribution in [0.5, 0.6) is 11.5 Å². The Morgan fingerprint density at radius 1 is 1.03 bits per heavy atom. The predicted octanol–water partition coefficient (Wildman–Crippen LogP) is 4.62. The highest BCUT2D eigenvalue weighted by atomic mass is 32.1. The Kier molecular flexibility index (Phi) is 7.26. The number of ether oxygens (including phenoxy) is 2. The van der Waals surface area contributed by atoms with Gasteiger partial charge in [-0.3, -0.25) is 24.6 Å². The zero-order chi connectivity index (χ0) is 25.8. The Balaban J connectivity index is 1.57. The molecule has 0 atom stereocenters. The molecule has 0 spiro atoms. The largest absolute Gasteiger partial charge is 0.493 e. The van der Waals surface area contributed by atoms with Crippen LogP contribution in [-0.2, 0) is 16.2 Å². The average molecular weight is 501 g/mol. The molecule has 0 aromatic heterocycles. The third kappa shape index (κ3) is 5.18. The van der Waals surface area contributed by atoms with Crippen molar-refractivity contribution >= 4 is 46.7 Å². The van der Waals surface area contributed by atoms with Gasteiger partial charge in [-0.1, -0.05) is 48.5 Å². The Morgan fingerprint density at radius 2 is 1.75 bits per heavy atom. The molecule has 36 heavy (non-hydrogen) atoms. The Morgan fingerprint density at radius 3 is 2.42 bits per heavy atom. The lowest BCUT2D eigenvalue weighted by Crippen LogP contribution is -2.54. The molecular formula is C28H24N2O5S. The first-order valence-electron chi connectivity index (χ1n) is 11.2. The number of hydrogen-bond acceptors (Lipinski definition) is 6. The van der Waals surface area contributed by atoms with E-state index in [2.05, 4.69) is 5.32 Å². The zero-order valence-corrected chi connectivity index (χ0v) is 20.8. The number of amides is 2. The van der Waals surface area contributed by atoms with Crippen LogP contribution in [0.2, 0.25) is 0 Å². The molecule has 0 saturated carbocycles. The molecule has 182 valence electrons. The van der Waals surface area contributed by atoms with Crippen LogP contribution in [0.4, 0.5) is 5.69 Å². The fourth-order valence-electron chi connectivity index (χ4n) is 3.75. The van der Waals surface area contributed by atoms with E-state index < -0.39 is 11.8 Å². The molecule has 1 heterocycles. The molecule has 0 aliphatic carbocycles. The van der Waals surface area contributed by atoms with Gasteiger partial charge in [0.05, 0.1) is 12.8 Å².